The van der Waals surface area contributed by atoms with Crippen LogP contribution in [0.5, 0.6) is 5.75 Å². The number of anilines is 2. The number of ether oxygens (including phenoxy) is 1. The Balaban J connectivity index is 1.42. The Kier molecular flexibility index (Phi) is 6.26. The minimum Gasteiger partial charge on any atom is -0.490 e. The van der Waals surface area contributed by atoms with E-state index >= 15 is 0 Å². The third-order valence-electron chi connectivity index (χ3n) is 4.64. The molecular formula is C20H25N3O4. The monoisotopic (exact) mass is 371 g/mol. The molecule has 2 aromatic carbocycles. The highest BCUT2D eigenvalue weighted by atomic mass is 16.5. The van der Waals surface area contributed by atoms with Crippen LogP contribution in [-0.4, -0.2) is 42.4 Å². The normalized spacial score (nSPS) is 18.2. The SMILES string of the molecule is Nc1c(NC/C=C\COc2cccc(CN3CCCC(O)C3)c2)c(=O)c1=O. The summed E-state index contributed by atoms with van der Waals surface area (Å²) in [5, 5.41) is 12.6. The molecule has 1 aliphatic rings. The Labute approximate surface area is 157 Å². The summed E-state index contributed by atoms with van der Waals surface area (Å²) in [6.45, 7) is 3.32. The molecule has 7 heteroatoms. The average molecular weight is 371 g/mol. The van der Waals surface area contributed by atoms with E-state index in [1.54, 1.807) is 0 Å². The molecular weight excluding hydrogens is 346 g/mol. The minimum atomic E-state index is -0.622. The lowest BCUT2D eigenvalue weighted by Crippen LogP contribution is -2.37. The summed E-state index contributed by atoms with van der Waals surface area (Å²) in [5.41, 5.74) is 5.61. The Morgan fingerprint density at radius 3 is 2.93 bits per heavy atom. The molecule has 1 aliphatic heterocycles. The Morgan fingerprint density at radius 1 is 1.30 bits per heavy atom. The summed E-state index contributed by atoms with van der Waals surface area (Å²) in [6, 6.07) is 7.94. The number of β-amino-alcohol motifs (C(OH)–C–C–N with tert-alkyl or cyclic N) is 1. The molecule has 3 rings (SSSR count). The number of hydrogen-bond donors (Lipinski definition) is 3. The van der Waals surface area contributed by atoms with Crippen LogP contribution in [0.2, 0.25) is 0 Å². The maximum absolute atomic E-state index is 11.3. The number of nitrogens with one attached hydrogen (secondary N) is 1. The molecule has 0 radical (unpaired) electrons. The van der Waals surface area contributed by atoms with Crippen molar-refractivity contribution >= 4 is 11.4 Å². The highest BCUT2D eigenvalue weighted by Gasteiger charge is 2.18. The zero-order valence-electron chi connectivity index (χ0n) is 15.2. The van der Waals surface area contributed by atoms with E-state index in [1.807, 2.05) is 30.4 Å². The van der Waals surface area contributed by atoms with Crippen molar-refractivity contribution in [2.75, 3.05) is 37.3 Å². The van der Waals surface area contributed by atoms with E-state index < -0.39 is 10.9 Å². The van der Waals surface area contributed by atoms with Gasteiger partial charge >= 0.3 is 0 Å². The first-order chi connectivity index (χ1) is 13.0. The number of hydrogen-bond acceptors (Lipinski definition) is 7. The fourth-order valence-electron chi connectivity index (χ4n) is 3.21. The predicted molar refractivity (Wildman–Crippen MR) is 106 cm³/mol. The molecule has 1 saturated heterocycles. The molecule has 1 unspecified atom stereocenters. The van der Waals surface area contributed by atoms with Crippen LogP contribution >= 0.6 is 0 Å². The molecule has 0 aliphatic carbocycles. The van der Waals surface area contributed by atoms with Crippen LogP contribution in [0.25, 0.3) is 0 Å². The summed E-state index contributed by atoms with van der Waals surface area (Å²) < 4.78 is 5.72. The van der Waals surface area contributed by atoms with Gasteiger partial charge in [0, 0.05) is 19.6 Å². The lowest BCUT2D eigenvalue weighted by atomic mass is 10.1. The van der Waals surface area contributed by atoms with E-state index in [4.69, 9.17) is 10.5 Å². The Bertz CT molecular complexity index is 870. The topological polar surface area (TPSA) is 105 Å². The molecule has 1 fully saturated rings. The number of aliphatic hydroxyl groups excluding tert-OH is 1. The number of nitrogens with zero attached hydrogens (tertiary/aromatic N) is 1. The second kappa shape index (κ2) is 8.83. The van der Waals surface area contributed by atoms with Crippen LogP contribution in [0.15, 0.2) is 46.0 Å². The van der Waals surface area contributed by atoms with Crippen molar-refractivity contribution in [2.45, 2.75) is 25.5 Å². The van der Waals surface area contributed by atoms with Crippen LogP contribution in [0.4, 0.5) is 11.4 Å². The first kappa shape index (κ1) is 19.1. The molecule has 0 aromatic heterocycles. The van der Waals surface area contributed by atoms with Crippen molar-refractivity contribution in [3.8, 4) is 5.75 Å². The fraction of sp³-hybridized carbons (Fsp3) is 0.400. The smallest absolute Gasteiger partial charge is 0.253 e. The van der Waals surface area contributed by atoms with Gasteiger partial charge in [-0.25, -0.2) is 0 Å². The summed E-state index contributed by atoms with van der Waals surface area (Å²) in [7, 11) is 0. The number of likely N-dealkylation sites (tertiary alicyclic amines) is 1. The number of benzene rings is 1. The third-order valence-corrected chi connectivity index (χ3v) is 4.64. The number of aliphatic hydroxyl groups is 1. The van der Waals surface area contributed by atoms with E-state index in [0.717, 1.165) is 43.8 Å². The molecule has 0 bridgehead atoms. The van der Waals surface area contributed by atoms with Crippen molar-refractivity contribution < 1.29 is 9.84 Å². The quantitative estimate of drug-likeness (QED) is 0.467. The molecule has 4 N–H and O–H groups in total. The van der Waals surface area contributed by atoms with Gasteiger partial charge in [0.15, 0.2) is 0 Å². The zero-order valence-corrected chi connectivity index (χ0v) is 15.2. The lowest BCUT2D eigenvalue weighted by Gasteiger charge is -2.30. The van der Waals surface area contributed by atoms with Gasteiger partial charge in [0.1, 0.15) is 23.7 Å². The molecule has 1 atom stereocenters. The van der Waals surface area contributed by atoms with Crippen LogP contribution in [-0.2, 0) is 6.54 Å². The molecule has 144 valence electrons. The van der Waals surface area contributed by atoms with Crippen molar-refractivity contribution in [2.24, 2.45) is 0 Å². The van der Waals surface area contributed by atoms with Crippen LogP contribution in [0.3, 0.4) is 0 Å². The standard InChI is InChI=1S/C20H25N3O4/c21-17-18(20(26)19(17)25)22-8-1-2-10-27-16-7-3-5-14(11-16)12-23-9-4-6-15(24)13-23/h1-3,5,7,11,15,22,24H,4,6,8-10,12-13,21H2/b2-1-. The van der Waals surface area contributed by atoms with Crippen LogP contribution < -0.4 is 26.6 Å². The fourth-order valence-corrected chi connectivity index (χ4v) is 3.21. The minimum absolute atomic E-state index is 0.00249. The van der Waals surface area contributed by atoms with Crippen molar-refractivity contribution in [1.29, 1.82) is 0 Å². The summed E-state index contributed by atoms with van der Waals surface area (Å²) >= 11 is 0. The first-order valence-electron chi connectivity index (χ1n) is 9.14. The van der Waals surface area contributed by atoms with Crippen molar-refractivity contribution in [3.63, 3.8) is 0 Å². The highest BCUT2D eigenvalue weighted by molar-refractivity contribution is 5.71. The second-order valence-corrected chi connectivity index (χ2v) is 6.79. The van der Waals surface area contributed by atoms with Crippen LogP contribution in [0, 0.1) is 0 Å². The van der Waals surface area contributed by atoms with E-state index in [0.29, 0.717) is 13.2 Å². The maximum Gasteiger partial charge on any atom is 0.253 e. The molecule has 27 heavy (non-hydrogen) atoms. The molecule has 2 aromatic rings. The van der Waals surface area contributed by atoms with E-state index in [1.165, 1.54) is 0 Å². The summed E-state index contributed by atoms with van der Waals surface area (Å²) in [4.78, 5) is 24.5. The van der Waals surface area contributed by atoms with Crippen LogP contribution in [0.1, 0.15) is 18.4 Å². The lowest BCUT2D eigenvalue weighted by molar-refractivity contribution is 0.0668. The highest BCUT2D eigenvalue weighted by Crippen LogP contribution is 2.18. The van der Waals surface area contributed by atoms with Gasteiger partial charge in [0.25, 0.3) is 10.9 Å². The molecule has 0 saturated carbocycles. The van der Waals surface area contributed by atoms with Crippen molar-refractivity contribution in [1.82, 2.24) is 4.90 Å². The Morgan fingerprint density at radius 2 is 2.15 bits per heavy atom. The van der Waals surface area contributed by atoms with Gasteiger partial charge in [0.2, 0.25) is 0 Å². The molecule has 1 heterocycles. The zero-order chi connectivity index (χ0) is 19.2. The summed E-state index contributed by atoms with van der Waals surface area (Å²) in [6.07, 6.45) is 5.34. The van der Waals surface area contributed by atoms with Gasteiger partial charge in [-0.15, -0.1) is 0 Å². The maximum atomic E-state index is 11.3. The number of nitrogen functional groups attached to an aromatic ring is 1. The van der Waals surface area contributed by atoms with E-state index in [9.17, 15) is 14.7 Å². The summed E-state index contributed by atoms with van der Waals surface area (Å²) in [5.74, 6) is 0.786. The third kappa shape index (κ3) is 4.96. The van der Waals surface area contributed by atoms with Gasteiger partial charge in [-0.3, -0.25) is 14.5 Å². The molecule has 0 amide bonds. The molecule has 7 nitrogen and oxygen atoms in total. The van der Waals surface area contributed by atoms with Gasteiger partial charge in [0.05, 0.1) is 6.10 Å². The Hall–Kier alpha value is -2.64. The number of nitrogens with two attached hydrogens (primary N) is 1. The van der Waals surface area contributed by atoms with E-state index in [-0.39, 0.29) is 17.5 Å². The van der Waals surface area contributed by atoms with Gasteiger partial charge < -0.3 is 20.9 Å². The largest absolute Gasteiger partial charge is 0.490 e. The number of rotatable bonds is 8. The second-order valence-electron chi connectivity index (χ2n) is 6.79. The first-order valence-corrected chi connectivity index (χ1v) is 9.14. The van der Waals surface area contributed by atoms with Crippen molar-refractivity contribution in [3.05, 3.63) is 62.4 Å². The average Bonchev–Trinajstić information content (AvgIpc) is 2.67. The van der Waals surface area contributed by atoms with E-state index in [2.05, 4.69) is 16.3 Å². The molecule has 0 spiro atoms. The number of piperidine rings is 1. The predicted octanol–water partition coefficient (Wildman–Crippen LogP) is 0.869. The van der Waals surface area contributed by atoms with Gasteiger partial charge in [-0.1, -0.05) is 18.2 Å². The van der Waals surface area contributed by atoms with Gasteiger partial charge in [-0.2, -0.15) is 0 Å². The van der Waals surface area contributed by atoms with Gasteiger partial charge in [-0.05, 0) is 43.2 Å².